The maximum atomic E-state index is 12.0. The van der Waals surface area contributed by atoms with Crippen molar-refractivity contribution in [2.24, 2.45) is 5.73 Å². The van der Waals surface area contributed by atoms with Gasteiger partial charge in [-0.1, -0.05) is 36.4 Å². The SMILES string of the molecule is CC1CN(c2ccccc2C(N)=O)C(CCC2OCCc3ccccc32)C(C)N1. The number of benzene rings is 2. The standard InChI is InChI=1S/C24H31N3O2/c1-16-15-27(22-10-6-5-9-20(22)24(25)28)21(17(2)26-16)11-12-23-19-8-4-3-7-18(19)13-14-29-23/h3-10,16-17,21,23,26H,11-15H2,1-2H3,(H2,25,28). The van der Waals surface area contributed by atoms with E-state index in [0.29, 0.717) is 17.6 Å². The Morgan fingerprint density at radius 1 is 1.14 bits per heavy atom. The number of amides is 1. The number of hydrogen-bond acceptors (Lipinski definition) is 4. The van der Waals surface area contributed by atoms with Gasteiger partial charge in [-0.3, -0.25) is 4.79 Å². The summed E-state index contributed by atoms with van der Waals surface area (Å²) in [5.74, 6) is -0.372. The van der Waals surface area contributed by atoms with E-state index in [1.165, 1.54) is 11.1 Å². The molecular formula is C24H31N3O2. The number of rotatable bonds is 5. The largest absolute Gasteiger partial charge is 0.373 e. The molecule has 1 amide bonds. The van der Waals surface area contributed by atoms with Crippen molar-refractivity contribution in [2.45, 2.75) is 57.3 Å². The highest BCUT2D eigenvalue weighted by Crippen LogP contribution is 2.34. The number of piperazine rings is 1. The molecule has 154 valence electrons. The van der Waals surface area contributed by atoms with Crippen LogP contribution in [0.4, 0.5) is 5.69 Å². The van der Waals surface area contributed by atoms with Gasteiger partial charge in [0.2, 0.25) is 0 Å². The summed E-state index contributed by atoms with van der Waals surface area (Å²) in [5.41, 5.74) is 9.95. The lowest BCUT2D eigenvalue weighted by molar-refractivity contribution is 0.0328. The van der Waals surface area contributed by atoms with Crippen LogP contribution in [0.3, 0.4) is 0 Å². The molecule has 5 heteroatoms. The molecule has 0 aromatic heterocycles. The van der Waals surface area contributed by atoms with Crippen molar-refractivity contribution in [3.63, 3.8) is 0 Å². The molecule has 0 saturated carbocycles. The summed E-state index contributed by atoms with van der Waals surface area (Å²) in [7, 11) is 0. The highest BCUT2D eigenvalue weighted by atomic mass is 16.5. The van der Waals surface area contributed by atoms with Crippen LogP contribution in [0, 0.1) is 0 Å². The van der Waals surface area contributed by atoms with Crippen LogP contribution in [0.15, 0.2) is 48.5 Å². The molecule has 2 aromatic carbocycles. The van der Waals surface area contributed by atoms with Crippen molar-refractivity contribution < 1.29 is 9.53 Å². The molecule has 1 saturated heterocycles. The molecule has 2 aliphatic rings. The fraction of sp³-hybridized carbons (Fsp3) is 0.458. The number of fused-ring (bicyclic) bond motifs is 1. The molecule has 4 rings (SSSR count). The van der Waals surface area contributed by atoms with E-state index in [-0.39, 0.29) is 18.1 Å². The van der Waals surface area contributed by atoms with Crippen LogP contribution < -0.4 is 16.0 Å². The minimum Gasteiger partial charge on any atom is -0.373 e. The van der Waals surface area contributed by atoms with Crippen LogP contribution in [0.1, 0.15) is 54.3 Å². The number of nitrogens with zero attached hydrogens (tertiary/aromatic N) is 1. The van der Waals surface area contributed by atoms with Crippen LogP contribution in [0.25, 0.3) is 0 Å². The van der Waals surface area contributed by atoms with Crippen molar-refractivity contribution >= 4 is 11.6 Å². The molecule has 2 aromatic rings. The average Bonchev–Trinajstić information content (AvgIpc) is 2.72. The normalized spacial score (nSPS) is 26.8. The summed E-state index contributed by atoms with van der Waals surface area (Å²) < 4.78 is 6.14. The number of primary amides is 1. The molecule has 4 atom stereocenters. The van der Waals surface area contributed by atoms with Gasteiger partial charge in [0.15, 0.2) is 0 Å². The van der Waals surface area contributed by atoms with E-state index in [1.807, 2.05) is 24.3 Å². The summed E-state index contributed by atoms with van der Waals surface area (Å²) in [5, 5.41) is 3.69. The van der Waals surface area contributed by atoms with Crippen molar-refractivity contribution in [1.82, 2.24) is 5.32 Å². The zero-order valence-corrected chi connectivity index (χ0v) is 17.3. The van der Waals surface area contributed by atoms with Crippen molar-refractivity contribution in [3.05, 3.63) is 65.2 Å². The van der Waals surface area contributed by atoms with Crippen LogP contribution in [0.5, 0.6) is 0 Å². The fourth-order valence-electron chi connectivity index (χ4n) is 4.97. The first-order valence-corrected chi connectivity index (χ1v) is 10.7. The molecule has 3 N–H and O–H groups in total. The predicted octanol–water partition coefficient (Wildman–Crippen LogP) is 3.43. The van der Waals surface area contributed by atoms with Gasteiger partial charge < -0.3 is 20.7 Å². The summed E-state index contributed by atoms with van der Waals surface area (Å²) >= 11 is 0. The van der Waals surface area contributed by atoms with Crippen LogP contribution in [-0.4, -0.2) is 37.2 Å². The second-order valence-electron chi connectivity index (χ2n) is 8.34. The first kappa shape index (κ1) is 19.9. The molecule has 1 fully saturated rings. The quantitative estimate of drug-likeness (QED) is 0.817. The topological polar surface area (TPSA) is 67.6 Å². The van der Waals surface area contributed by atoms with E-state index in [2.05, 4.69) is 48.3 Å². The maximum Gasteiger partial charge on any atom is 0.250 e. The van der Waals surface area contributed by atoms with Crippen LogP contribution in [0.2, 0.25) is 0 Å². The lowest BCUT2D eigenvalue weighted by Crippen LogP contribution is -2.61. The number of anilines is 1. The number of carbonyl (C=O) groups excluding carboxylic acids is 1. The third-order valence-electron chi connectivity index (χ3n) is 6.29. The Labute approximate surface area is 173 Å². The minimum absolute atomic E-state index is 0.139. The van der Waals surface area contributed by atoms with Gasteiger partial charge >= 0.3 is 0 Å². The first-order valence-electron chi connectivity index (χ1n) is 10.7. The van der Waals surface area contributed by atoms with Gasteiger partial charge in [0.1, 0.15) is 0 Å². The minimum atomic E-state index is -0.372. The van der Waals surface area contributed by atoms with E-state index in [4.69, 9.17) is 10.5 Å². The molecule has 2 aliphatic heterocycles. The van der Waals surface area contributed by atoms with E-state index >= 15 is 0 Å². The van der Waals surface area contributed by atoms with Gasteiger partial charge in [0.25, 0.3) is 5.91 Å². The summed E-state index contributed by atoms with van der Waals surface area (Å²) in [6, 6.07) is 17.2. The van der Waals surface area contributed by atoms with Gasteiger partial charge in [-0.2, -0.15) is 0 Å². The second-order valence-corrected chi connectivity index (χ2v) is 8.34. The number of nitrogens with one attached hydrogen (secondary N) is 1. The Hall–Kier alpha value is -2.37. The molecule has 0 bridgehead atoms. The fourth-order valence-corrected chi connectivity index (χ4v) is 4.97. The van der Waals surface area contributed by atoms with Gasteiger partial charge in [-0.15, -0.1) is 0 Å². The van der Waals surface area contributed by atoms with E-state index in [0.717, 1.165) is 38.1 Å². The number of para-hydroxylation sites is 1. The molecule has 0 spiro atoms. The zero-order chi connectivity index (χ0) is 20.4. The van der Waals surface area contributed by atoms with Gasteiger partial charge in [0.05, 0.1) is 18.3 Å². The third-order valence-corrected chi connectivity index (χ3v) is 6.29. The number of carbonyl (C=O) groups is 1. The van der Waals surface area contributed by atoms with E-state index in [9.17, 15) is 4.79 Å². The Morgan fingerprint density at radius 3 is 2.72 bits per heavy atom. The lowest BCUT2D eigenvalue weighted by atomic mass is 9.90. The van der Waals surface area contributed by atoms with Gasteiger partial charge in [-0.05, 0) is 56.4 Å². The Morgan fingerprint density at radius 2 is 1.90 bits per heavy atom. The summed E-state index contributed by atoms with van der Waals surface area (Å²) in [6.07, 6.45) is 3.06. The maximum absolute atomic E-state index is 12.0. The zero-order valence-electron chi connectivity index (χ0n) is 17.3. The van der Waals surface area contributed by atoms with Crippen molar-refractivity contribution in [3.8, 4) is 0 Å². The molecule has 0 radical (unpaired) electrons. The van der Waals surface area contributed by atoms with Gasteiger partial charge in [0, 0.05) is 30.4 Å². The summed E-state index contributed by atoms with van der Waals surface area (Å²) in [4.78, 5) is 14.4. The third kappa shape index (κ3) is 4.16. The Bertz CT molecular complexity index is 869. The number of nitrogens with two attached hydrogens (primary N) is 1. The second kappa shape index (κ2) is 8.56. The molecule has 5 nitrogen and oxygen atoms in total. The van der Waals surface area contributed by atoms with Crippen LogP contribution in [-0.2, 0) is 11.2 Å². The average molecular weight is 394 g/mol. The monoisotopic (exact) mass is 393 g/mol. The van der Waals surface area contributed by atoms with Gasteiger partial charge in [-0.25, -0.2) is 0 Å². The summed E-state index contributed by atoms with van der Waals surface area (Å²) in [6.45, 7) is 6.05. The highest BCUT2D eigenvalue weighted by Gasteiger charge is 2.34. The van der Waals surface area contributed by atoms with Crippen molar-refractivity contribution in [1.29, 1.82) is 0 Å². The molecule has 2 heterocycles. The smallest absolute Gasteiger partial charge is 0.250 e. The lowest BCUT2D eigenvalue weighted by Gasteiger charge is -2.46. The molecule has 0 aliphatic carbocycles. The Kier molecular flexibility index (Phi) is 5.88. The molecule has 29 heavy (non-hydrogen) atoms. The molecular weight excluding hydrogens is 362 g/mol. The van der Waals surface area contributed by atoms with E-state index in [1.54, 1.807) is 0 Å². The van der Waals surface area contributed by atoms with E-state index < -0.39 is 0 Å². The van der Waals surface area contributed by atoms with Crippen LogP contribution >= 0.6 is 0 Å². The van der Waals surface area contributed by atoms with Crippen molar-refractivity contribution in [2.75, 3.05) is 18.1 Å². The number of hydrogen-bond donors (Lipinski definition) is 2. The predicted molar refractivity (Wildman–Crippen MR) is 116 cm³/mol. The number of ether oxygens (including phenoxy) is 1. The first-order chi connectivity index (χ1) is 14.0. The highest BCUT2D eigenvalue weighted by molar-refractivity contribution is 5.98. The molecule has 4 unspecified atom stereocenters. The Balaban J connectivity index is 1.57.